The largest absolute Gasteiger partial charge is 0.484 e. The van der Waals surface area contributed by atoms with Crippen LogP contribution < -0.4 is 10.5 Å². The van der Waals surface area contributed by atoms with Gasteiger partial charge < -0.3 is 15.4 Å². The van der Waals surface area contributed by atoms with Crippen LogP contribution in [0.3, 0.4) is 0 Å². The molecule has 1 aromatic carbocycles. The lowest BCUT2D eigenvalue weighted by atomic mass is 9.91. The van der Waals surface area contributed by atoms with E-state index >= 15 is 0 Å². The number of piperidine rings is 1. The minimum absolute atomic E-state index is 0.0483. The second-order valence-electron chi connectivity index (χ2n) is 7.79. The van der Waals surface area contributed by atoms with Crippen molar-refractivity contribution in [3.63, 3.8) is 0 Å². The molecule has 160 valence electrons. The number of rotatable bonds is 5. The third-order valence-corrected chi connectivity index (χ3v) is 5.53. The van der Waals surface area contributed by atoms with Gasteiger partial charge in [-0.05, 0) is 73.9 Å². The zero-order valence-corrected chi connectivity index (χ0v) is 17.4. The highest BCUT2D eigenvalue weighted by atomic mass is 19.1. The van der Waals surface area contributed by atoms with Crippen LogP contribution >= 0.6 is 0 Å². The number of likely N-dealkylation sites (tertiary alicyclic amines) is 1. The number of aromatic nitrogens is 2. The van der Waals surface area contributed by atoms with Gasteiger partial charge in [-0.25, -0.2) is 9.37 Å². The van der Waals surface area contributed by atoms with Crippen molar-refractivity contribution in [1.82, 2.24) is 14.9 Å². The molecule has 0 unspecified atom stereocenters. The summed E-state index contributed by atoms with van der Waals surface area (Å²) in [6, 6.07) is 13.6. The second-order valence-corrected chi connectivity index (χ2v) is 7.79. The maximum absolute atomic E-state index is 13.0. The van der Waals surface area contributed by atoms with Gasteiger partial charge in [-0.2, -0.15) is 0 Å². The molecule has 1 saturated heterocycles. The summed E-state index contributed by atoms with van der Waals surface area (Å²) in [7, 11) is 0. The first-order chi connectivity index (χ1) is 15.0. The first kappa shape index (κ1) is 20.8. The van der Waals surface area contributed by atoms with E-state index in [1.807, 2.05) is 24.0 Å². The Hall–Kier alpha value is -3.48. The third kappa shape index (κ3) is 5.17. The molecule has 0 spiro atoms. The lowest BCUT2D eigenvalue weighted by Gasteiger charge is -2.32. The van der Waals surface area contributed by atoms with Crippen molar-refractivity contribution in [1.29, 1.82) is 0 Å². The monoisotopic (exact) mass is 420 g/mol. The van der Waals surface area contributed by atoms with Gasteiger partial charge in [-0.1, -0.05) is 0 Å². The van der Waals surface area contributed by atoms with E-state index in [2.05, 4.69) is 11.1 Å². The average Bonchev–Trinajstić information content (AvgIpc) is 2.78. The lowest BCUT2D eigenvalue weighted by Crippen LogP contribution is -2.40. The van der Waals surface area contributed by atoms with Crippen LogP contribution in [0.2, 0.25) is 0 Å². The molecule has 1 amide bonds. The van der Waals surface area contributed by atoms with E-state index in [-0.39, 0.29) is 18.3 Å². The standard InChI is InChI=1S/C24H25FN4O2/c1-16-12-19(18-2-7-23(26)27-14-18)13-22(28-16)17-8-10-29(11-9-17)24(30)15-31-21-5-3-20(25)4-6-21/h2-7,12-14,17H,8-11,15H2,1H3,(H2,26,27). The van der Waals surface area contributed by atoms with Gasteiger partial charge in [0, 0.05) is 42.2 Å². The highest BCUT2D eigenvalue weighted by Crippen LogP contribution is 2.30. The Labute approximate surface area is 180 Å². The van der Waals surface area contributed by atoms with E-state index in [0.29, 0.717) is 30.6 Å². The molecule has 6 nitrogen and oxygen atoms in total. The molecule has 1 aliphatic rings. The Morgan fingerprint density at radius 2 is 1.87 bits per heavy atom. The number of nitrogens with two attached hydrogens (primary N) is 1. The van der Waals surface area contributed by atoms with Crippen LogP contribution in [0.4, 0.5) is 10.2 Å². The van der Waals surface area contributed by atoms with Crippen LogP contribution in [0, 0.1) is 12.7 Å². The van der Waals surface area contributed by atoms with Gasteiger partial charge in [0.2, 0.25) is 0 Å². The van der Waals surface area contributed by atoms with Crippen LogP contribution in [-0.4, -0.2) is 40.5 Å². The van der Waals surface area contributed by atoms with Crippen molar-refractivity contribution < 1.29 is 13.9 Å². The van der Waals surface area contributed by atoms with Crippen LogP contribution in [0.15, 0.2) is 54.7 Å². The van der Waals surface area contributed by atoms with E-state index < -0.39 is 0 Å². The SMILES string of the molecule is Cc1cc(-c2ccc(N)nc2)cc(C2CCN(C(=O)COc3ccc(F)cc3)CC2)n1. The Morgan fingerprint density at radius 1 is 1.13 bits per heavy atom. The zero-order valence-electron chi connectivity index (χ0n) is 17.4. The summed E-state index contributed by atoms with van der Waals surface area (Å²) in [4.78, 5) is 23.2. The summed E-state index contributed by atoms with van der Waals surface area (Å²) >= 11 is 0. The molecular formula is C24H25FN4O2. The molecular weight excluding hydrogens is 395 g/mol. The molecule has 2 N–H and O–H groups in total. The van der Waals surface area contributed by atoms with E-state index in [1.54, 1.807) is 12.3 Å². The highest BCUT2D eigenvalue weighted by molar-refractivity contribution is 5.78. The number of halogens is 1. The second kappa shape index (κ2) is 9.12. The Balaban J connectivity index is 1.36. The molecule has 7 heteroatoms. The van der Waals surface area contributed by atoms with Crippen LogP contribution in [0.1, 0.15) is 30.1 Å². The van der Waals surface area contributed by atoms with Crippen LogP contribution in [-0.2, 0) is 4.79 Å². The lowest BCUT2D eigenvalue weighted by molar-refractivity contribution is -0.134. The van der Waals surface area contributed by atoms with Crippen molar-refractivity contribution >= 4 is 11.7 Å². The fraction of sp³-hybridized carbons (Fsp3) is 0.292. The summed E-state index contributed by atoms with van der Waals surface area (Å²) in [5.74, 6) is 0.880. The number of pyridine rings is 2. The molecule has 1 aliphatic heterocycles. The summed E-state index contributed by atoms with van der Waals surface area (Å²) < 4.78 is 18.5. The van der Waals surface area contributed by atoms with Crippen molar-refractivity contribution in [3.05, 3.63) is 71.9 Å². The minimum atomic E-state index is -0.332. The molecule has 0 saturated carbocycles. The number of ether oxygens (including phenoxy) is 1. The summed E-state index contributed by atoms with van der Waals surface area (Å²) in [6.07, 6.45) is 3.46. The molecule has 1 fully saturated rings. The average molecular weight is 420 g/mol. The molecule has 3 aromatic rings. The zero-order chi connectivity index (χ0) is 21.8. The molecule has 3 heterocycles. The first-order valence-electron chi connectivity index (χ1n) is 10.3. The van der Waals surface area contributed by atoms with E-state index in [0.717, 1.165) is 35.4 Å². The van der Waals surface area contributed by atoms with Crippen LogP contribution in [0.25, 0.3) is 11.1 Å². The van der Waals surface area contributed by atoms with E-state index in [4.69, 9.17) is 15.5 Å². The normalized spacial score (nSPS) is 14.5. The van der Waals surface area contributed by atoms with Gasteiger partial charge in [0.25, 0.3) is 5.91 Å². The topological polar surface area (TPSA) is 81.3 Å². The van der Waals surface area contributed by atoms with Crippen molar-refractivity contribution in [2.75, 3.05) is 25.4 Å². The number of hydrogen-bond donors (Lipinski definition) is 1. The fourth-order valence-corrected chi connectivity index (χ4v) is 3.84. The van der Waals surface area contributed by atoms with E-state index in [9.17, 15) is 9.18 Å². The van der Waals surface area contributed by atoms with Gasteiger partial charge in [0.15, 0.2) is 6.61 Å². The molecule has 4 rings (SSSR count). The number of amides is 1. The number of nitrogen functional groups attached to an aromatic ring is 1. The van der Waals surface area contributed by atoms with Gasteiger partial charge >= 0.3 is 0 Å². The molecule has 31 heavy (non-hydrogen) atoms. The number of aryl methyl sites for hydroxylation is 1. The van der Waals surface area contributed by atoms with Gasteiger partial charge in [-0.3, -0.25) is 9.78 Å². The van der Waals surface area contributed by atoms with Crippen LogP contribution in [0.5, 0.6) is 5.75 Å². The van der Waals surface area contributed by atoms with Crippen molar-refractivity contribution in [3.8, 4) is 16.9 Å². The molecule has 0 radical (unpaired) electrons. The first-order valence-corrected chi connectivity index (χ1v) is 10.3. The molecule has 0 aliphatic carbocycles. The molecule has 2 aromatic heterocycles. The minimum Gasteiger partial charge on any atom is -0.484 e. The quantitative estimate of drug-likeness (QED) is 0.676. The maximum Gasteiger partial charge on any atom is 0.260 e. The number of nitrogens with zero attached hydrogens (tertiary/aromatic N) is 3. The van der Waals surface area contributed by atoms with Crippen molar-refractivity contribution in [2.45, 2.75) is 25.7 Å². The number of carbonyl (C=O) groups is 1. The van der Waals surface area contributed by atoms with Crippen molar-refractivity contribution in [2.24, 2.45) is 0 Å². The number of benzene rings is 1. The highest BCUT2D eigenvalue weighted by Gasteiger charge is 2.25. The Kier molecular flexibility index (Phi) is 6.11. The van der Waals surface area contributed by atoms with E-state index in [1.165, 1.54) is 24.3 Å². The summed E-state index contributed by atoms with van der Waals surface area (Å²) in [5.41, 5.74) is 9.77. The molecule has 0 bridgehead atoms. The fourth-order valence-electron chi connectivity index (χ4n) is 3.84. The summed E-state index contributed by atoms with van der Waals surface area (Å²) in [6.45, 7) is 3.26. The maximum atomic E-state index is 13.0. The predicted molar refractivity (Wildman–Crippen MR) is 117 cm³/mol. The number of carbonyl (C=O) groups excluding carboxylic acids is 1. The smallest absolute Gasteiger partial charge is 0.260 e. The van der Waals surface area contributed by atoms with Gasteiger partial charge in [0.1, 0.15) is 17.4 Å². The number of hydrogen-bond acceptors (Lipinski definition) is 5. The third-order valence-electron chi connectivity index (χ3n) is 5.53. The predicted octanol–water partition coefficient (Wildman–Crippen LogP) is 3.96. The Bertz CT molecular complexity index is 1050. The Morgan fingerprint density at radius 3 is 2.55 bits per heavy atom. The van der Waals surface area contributed by atoms with Gasteiger partial charge in [-0.15, -0.1) is 0 Å². The molecule has 0 atom stereocenters. The number of anilines is 1. The van der Waals surface area contributed by atoms with Gasteiger partial charge in [0.05, 0.1) is 0 Å². The summed E-state index contributed by atoms with van der Waals surface area (Å²) in [5, 5.41) is 0.